The number of hydrogen-bond donors (Lipinski definition) is 1. The molecule has 0 spiro atoms. The molecule has 0 bridgehead atoms. The molecule has 0 saturated carbocycles. The summed E-state index contributed by atoms with van der Waals surface area (Å²) in [5.41, 5.74) is 0. The van der Waals surface area contributed by atoms with E-state index in [-0.39, 0.29) is 5.12 Å². The van der Waals surface area contributed by atoms with Crippen molar-refractivity contribution in [2.75, 3.05) is 0 Å². The van der Waals surface area contributed by atoms with Crippen LogP contribution in [0.2, 0.25) is 0 Å². The second-order valence-corrected chi connectivity index (χ2v) is 3.04. The van der Waals surface area contributed by atoms with E-state index in [2.05, 4.69) is 4.74 Å². The first kappa shape index (κ1) is 11.7. The molecule has 0 fully saturated rings. The fourth-order valence-electron chi connectivity index (χ4n) is 0.370. The quantitative estimate of drug-likeness (QED) is 0.309. The van der Waals surface area contributed by atoms with E-state index in [0.717, 1.165) is 12.3 Å². The van der Waals surface area contributed by atoms with Crippen molar-refractivity contribution in [1.29, 1.82) is 0 Å². The molecule has 0 aromatic rings. The third-order valence-corrected chi connectivity index (χ3v) is 1.46. The highest BCUT2D eigenvalue weighted by Crippen LogP contribution is 2.07. The fraction of sp³-hybridized carbons (Fsp3) is 0.286. The predicted molar refractivity (Wildman–Crippen MR) is 45.8 cm³/mol. The second-order valence-electron chi connectivity index (χ2n) is 1.99. The van der Waals surface area contributed by atoms with Crippen molar-refractivity contribution in [2.45, 2.75) is 13.8 Å². The summed E-state index contributed by atoms with van der Waals surface area (Å²) in [6, 6.07) is 0. The molecule has 0 unspecified atom stereocenters. The molecule has 0 amide bonds. The summed E-state index contributed by atoms with van der Waals surface area (Å²) in [7, 11) is 0. The van der Waals surface area contributed by atoms with Gasteiger partial charge in [-0.05, 0) is 0 Å². The third kappa shape index (κ3) is 5.92. The number of rotatable bonds is 2. The van der Waals surface area contributed by atoms with Crippen LogP contribution in [0.1, 0.15) is 13.8 Å². The van der Waals surface area contributed by atoms with Crippen molar-refractivity contribution >= 4 is 28.8 Å². The van der Waals surface area contributed by atoms with Gasteiger partial charge in [0.2, 0.25) is 5.76 Å². The largest absolute Gasteiger partial charge is 0.501 e. The summed E-state index contributed by atoms with van der Waals surface area (Å²) in [5.74, 6) is -2.76. The van der Waals surface area contributed by atoms with Crippen molar-refractivity contribution in [3.8, 4) is 0 Å². The van der Waals surface area contributed by atoms with E-state index in [9.17, 15) is 14.4 Å². The maximum Gasteiger partial charge on any atom is 0.381 e. The molecule has 13 heavy (non-hydrogen) atoms. The molecule has 0 saturated heterocycles. The van der Waals surface area contributed by atoms with Crippen molar-refractivity contribution < 1.29 is 24.2 Å². The van der Waals surface area contributed by atoms with Crippen LogP contribution in [-0.4, -0.2) is 22.2 Å². The van der Waals surface area contributed by atoms with Crippen LogP contribution in [0.3, 0.4) is 0 Å². The first-order valence-electron chi connectivity index (χ1n) is 3.22. The van der Waals surface area contributed by atoms with Crippen LogP contribution in [0, 0.1) is 0 Å². The first-order chi connectivity index (χ1) is 5.93. The van der Waals surface area contributed by atoms with E-state index < -0.39 is 17.7 Å². The van der Waals surface area contributed by atoms with E-state index in [1.54, 1.807) is 0 Å². The maximum absolute atomic E-state index is 10.7. The molecule has 5 nitrogen and oxygen atoms in total. The van der Waals surface area contributed by atoms with Crippen LogP contribution in [0.25, 0.3) is 0 Å². The van der Waals surface area contributed by atoms with Gasteiger partial charge in [0.1, 0.15) is 0 Å². The summed E-state index contributed by atoms with van der Waals surface area (Å²) in [4.78, 5) is 31.3. The van der Waals surface area contributed by atoms with E-state index in [1.807, 2.05) is 0 Å². The number of carbonyl (C=O) groups is 3. The molecule has 0 atom stereocenters. The topological polar surface area (TPSA) is 80.7 Å². The Morgan fingerprint density at radius 3 is 2.23 bits per heavy atom. The van der Waals surface area contributed by atoms with E-state index >= 15 is 0 Å². The number of esters is 2. The van der Waals surface area contributed by atoms with Crippen molar-refractivity contribution in [3.63, 3.8) is 0 Å². The number of aliphatic hydroxyl groups is 1. The Balaban J connectivity index is 4.16. The molecule has 0 aliphatic heterocycles. The normalized spacial score (nSPS) is 10.8. The van der Waals surface area contributed by atoms with Gasteiger partial charge in [-0.25, -0.2) is 4.79 Å². The minimum absolute atomic E-state index is 0.290. The number of carbonyl (C=O) groups excluding carboxylic acids is 3. The van der Waals surface area contributed by atoms with Crippen LogP contribution in [-0.2, 0) is 19.1 Å². The Labute approximate surface area is 78.8 Å². The van der Waals surface area contributed by atoms with Gasteiger partial charge in [0.05, 0.1) is 0 Å². The predicted octanol–water partition coefficient (Wildman–Crippen LogP) is 0.755. The van der Waals surface area contributed by atoms with Gasteiger partial charge >= 0.3 is 11.9 Å². The molecule has 0 aromatic heterocycles. The lowest BCUT2D eigenvalue weighted by Gasteiger charge is -1.96. The third-order valence-electron chi connectivity index (χ3n) is 0.782. The Kier molecular flexibility index (Phi) is 4.83. The number of thioether (sulfide) groups is 1. The minimum atomic E-state index is -1.17. The van der Waals surface area contributed by atoms with Gasteiger partial charge in [-0.15, -0.1) is 0 Å². The van der Waals surface area contributed by atoms with Crippen molar-refractivity contribution in [3.05, 3.63) is 11.2 Å². The Morgan fingerprint density at radius 1 is 1.31 bits per heavy atom. The molecule has 0 aromatic carbocycles. The zero-order valence-electron chi connectivity index (χ0n) is 7.07. The molecule has 0 heterocycles. The number of aliphatic hydroxyl groups excluding tert-OH is 1. The van der Waals surface area contributed by atoms with Gasteiger partial charge in [0.25, 0.3) is 0 Å². The molecule has 6 heteroatoms. The van der Waals surface area contributed by atoms with Gasteiger partial charge in [-0.1, -0.05) is 11.8 Å². The summed E-state index contributed by atoms with van der Waals surface area (Å²) in [5, 5.41) is 9.50. The summed E-state index contributed by atoms with van der Waals surface area (Å²) < 4.78 is 4.02. The molecular weight excluding hydrogens is 196 g/mol. The zero-order chi connectivity index (χ0) is 10.4. The average Bonchev–Trinajstić information content (AvgIpc) is 1.98. The highest BCUT2D eigenvalue weighted by atomic mass is 32.2. The fourth-order valence-corrected chi connectivity index (χ4v) is 0.744. The monoisotopic (exact) mass is 204 g/mol. The zero-order valence-corrected chi connectivity index (χ0v) is 7.88. The number of hydrogen-bond acceptors (Lipinski definition) is 6. The molecular formula is C7H8O5S. The maximum atomic E-state index is 10.7. The van der Waals surface area contributed by atoms with Gasteiger partial charge < -0.3 is 9.84 Å². The first-order valence-corrected chi connectivity index (χ1v) is 4.10. The Morgan fingerprint density at radius 2 is 1.85 bits per heavy atom. The van der Waals surface area contributed by atoms with Crippen LogP contribution >= 0.6 is 11.8 Å². The van der Waals surface area contributed by atoms with Crippen molar-refractivity contribution in [2.24, 2.45) is 0 Å². The van der Waals surface area contributed by atoms with Crippen molar-refractivity contribution in [1.82, 2.24) is 0 Å². The number of ether oxygens (including phenoxy) is 1. The molecule has 1 N–H and O–H groups in total. The van der Waals surface area contributed by atoms with Gasteiger partial charge in [0, 0.05) is 19.3 Å². The summed E-state index contributed by atoms with van der Waals surface area (Å²) in [6.07, 6.45) is 0. The van der Waals surface area contributed by atoms with E-state index in [4.69, 9.17) is 5.11 Å². The van der Waals surface area contributed by atoms with Crippen LogP contribution < -0.4 is 0 Å². The van der Waals surface area contributed by atoms with Gasteiger partial charge in [-0.3, -0.25) is 9.59 Å². The molecule has 72 valence electrons. The smallest absolute Gasteiger partial charge is 0.381 e. The lowest BCUT2D eigenvalue weighted by molar-refractivity contribution is -0.157. The molecule has 0 radical (unpaired) electrons. The standard InChI is InChI=1S/C7H8O5S/c1-4(8)12-7(11)6(10)3-13-5(2)9/h3,10H,1-2H3. The van der Waals surface area contributed by atoms with E-state index in [1.165, 1.54) is 6.92 Å². The summed E-state index contributed by atoms with van der Waals surface area (Å²) in [6.45, 7) is 2.30. The second kappa shape index (κ2) is 5.36. The lowest BCUT2D eigenvalue weighted by Crippen LogP contribution is -2.11. The summed E-state index contributed by atoms with van der Waals surface area (Å²) >= 11 is 0.632. The molecule has 0 rings (SSSR count). The van der Waals surface area contributed by atoms with Gasteiger partial charge in [-0.2, -0.15) is 0 Å². The van der Waals surface area contributed by atoms with E-state index in [0.29, 0.717) is 11.8 Å². The molecule has 0 aliphatic carbocycles. The lowest BCUT2D eigenvalue weighted by atomic mass is 10.6. The minimum Gasteiger partial charge on any atom is -0.501 e. The highest BCUT2D eigenvalue weighted by molar-refractivity contribution is 8.16. The highest BCUT2D eigenvalue weighted by Gasteiger charge is 2.11. The van der Waals surface area contributed by atoms with Crippen LogP contribution in [0.5, 0.6) is 0 Å². The Bertz CT molecular complexity index is 268. The van der Waals surface area contributed by atoms with Gasteiger partial charge in [0.15, 0.2) is 5.12 Å². The Hall–Kier alpha value is -1.30. The van der Waals surface area contributed by atoms with Crippen LogP contribution in [0.15, 0.2) is 11.2 Å². The average molecular weight is 204 g/mol. The van der Waals surface area contributed by atoms with Crippen LogP contribution in [0.4, 0.5) is 0 Å². The molecule has 0 aliphatic rings. The SMILES string of the molecule is CC(=O)OC(=O)C(O)=CSC(C)=O.